The van der Waals surface area contributed by atoms with Crippen LogP contribution in [0.15, 0.2) is 54.6 Å². The van der Waals surface area contributed by atoms with E-state index in [0.29, 0.717) is 18.2 Å². The highest BCUT2D eigenvalue weighted by Gasteiger charge is 2.36. The van der Waals surface area contributed by atoms with E-state index >= 15 is 0 Å². The highest BCUT2D eigenvalue weighted by molar-refractivity contribution is 6.32. The third kappa shape index (κ3) is 4.89. The lowest BCUT2D eigenvalue weighted by Crippen LogP contribution is -2.27. The molecule has 1 aromatic heterocycles. The molecule has 0 aliphatic rings. The summed E-state index contributed by atoms with van der Waals surface area (Å²) in [6.07, 6.45) is -4.19. The summed E-state index contributed by atoms with van der Waals surface area (Å²) in [6.45, 7) is 0.236. The Bertz CT molecular complexity index is 1000. The van der Waals surface area contributed by atoms with Crippen LogP contribution in [-0.4, -0.2) is 29.3 Å². The van der Waals surface area contributed by atoms with Gasteiger partial charge in [0.1, 0.15) is 11.4 Å². The molecule has 0 aliphatic carbocycles. The number of methoxy groups -OCH3 is 1. The van der Waals surface area contributed by atoms with E-state index in [0.717, 1.165) is 10.2 Å². The maximum atomic E-state index is 13.1. The molecule has 0 bridgehead atoms. The molecule has 2 aromatic carbocycles. The summed E-state index contributed by atoms with van der Waals surface area (Å²) in [4.78, 5) is 12.6. The molecule has 0 atom stereocenters. The van der Waals surface area contributed by atoms with E-state index in [4.69, 9.17) is 16.3 Å². The van der Waals surface area contributed by atoms with Crippen LogP contribution < -0.4 is 10.1 Å². The second-order valence-corrected chi connectivity index (χ2v) is 6.54. The molecule has 0 saturated heterocycles. The molecule has 5 nitrogen and oxygen atoms in total. The minimum atomic E-state index is -4.69. The molecule has 9 heteroatoms. The molecule has 0 spiro atoms. The third-order valence-corrected chi connectivity index (χ3v) is 4.49. The first-order valence-corrected chi connectivity index (χ1v) is 9.00. The smallest absolute Gasteiger partial charge is 0.435 e. The lowest BCUT2D eigenvalue weighted by Gasteiger charge is -2.10. The van der Waals surface area contributed by atoms with Gasteiger partial charge in [-0.3, -0.25) is 4.79 Å². The summed E-state index contributed by atoms with van der Waals surface area (Å²) < 4.78 is 45.4. The van der Waals surface area contributed by atoms with Gasteiger partial charge in [0.05, 0.1) is 17.8 Å². The van der Waals surface area contributed by atoms with Crippen molar-refractivity contribution >= 4 is 17.5 Å². The van der Waals surface area contributed by atoms with E-state index in [1.54, 1.807) is 31.4 Å². The number of ether oxygens (including phenoxy) is 1. The number of nitrogens with zero attached hydrogens (tertiary/aromatic N) is 2. The first-order valence-electron chi connectivity index (χ1n) is 8.63. The first-order chi connectivity index (χ1) is 13.8. The van der Waals surface area contributed by atoms with Crippen LogP contribution in [0.3, 0.4) is 0 Å². The Hall–Kier alpha value is -3.00. The summed E-state index contributed by atoms with van der Waals surface area (Å²) in [5.74, 6) is 0.0301. The minimum absolute atomic E-state index is 0.177. The van der Waals surface area contributed by atoms with Gasteiger partial charge in [0.25, 0.3) is 5.91 Å². The van der Waals surface area contributed by atoms with E-state index in [1.807, 2.05) is 12.1 Å². The van der Waals surface area contributed by atoms with Gasteiger partial charge in [-0.25, -0.2) is 4.68 Å². The molecular formula is C20H17ClF3N3O2. The largest absolute Gasteiger partial charge is 0.497 e. The van der Waals surface area contributed by atoms with Crippen molar-refractivity contribution in [3.05, 3.63) is 76.6 Å². The minimum Gasteiger partial charge on any atom is -0.497 e. The van der Waals surface area contributed by atoms with Crippen molar-refractivity contribution in [1.29, 1.82) is 0 Å². The fourth-order valence-electron chi connectivity index (χ4n) is 2.69. The SMILES string of the molecule is COc1ccc(CCNC(=O)c2cc(C(F)(F)F)nn2-c2ccccc2Cl)cc1. The molecule has 1 heterocycles. The summed E-state index contributed by atoms with van der Waals surface area (Å²) in [5.41, 5.74) is -0.287. The highest BCUT2D eigenvalue weighted by Crippen LogP contribution is 2.30. The summed E-state index contributed by atoms with van der Waals surface area (Å²) in [5, 5.41) is 6.36. The molecule has 3 rings (SSSR count). The van der Waals surface area contributed by atoms with Gasteiger partial charge < -0.3 is 10.1 Å². The Morgan fingerprint density at radius 2 is 1.86 bits per heavy atom. The van der Waals surface area contributed by atoms with Crippen molar-refractivity contribution in [3.8, 4) is 11.4 Å². The molecule has 1 amide bonds. The van der Waals surface area contributed by atoms with Crippen LogP contribution >= 0.6 is 11.6 Å². The second-order valence-electron chi connectivity index (χ2n) is 6.13. The van der Waals surface area contributed by atoms with Crippen LogP contribution in [0.1, 0.15) is 21.7 Å². The Labute approximate surface area is 170 Å². The van der Waals surface area contributed by atoms with Crippen LogP contribution in [0, 0.1) is 0 Å². The van der Waals surface area contributed by atoms with Gasteiger partial charge >= 0.3 is 6.18 Å². The van der Waals surface area contributed by atoms with Crippen molar-refractivity contribution in [2.45, 2.75) is 12.6 Å². The number of hydrogen-bond acceptors (Lipinski definition) is 3. The number of halogens is 4. The predicted octanol–water partition coefficient (Wildman–Crippen LogP) is 4.53. The molecule has 3 aromatic rings. The van der Waals surface area contributed by atoms with Gasteiger partial charge in [-0.1, -0.05) is 35.9 Å². The monoisotopic (exact) mass is 423 g/mol. The molecule has 1 N–H and O–H groups in total. The van der Waals surface area contributed by atoms with Crippen LogP contribution in [0.25, 0.3) is 5.69 Å². The number of carbonyl (C=O) groups is 1. The fraction of sp³-hybridized carbons (Fsp3) is 0.200. The molecule has 0 radical (unpaired) electrons. The maximum absolute atomic E-state index is 13.1. The quantitative estimate of drug-likeness (QED) is 0.634. The Balaban J connectivity index is 1.79. The number of alkyl halides is 3. The Kier molecular flexibility index (Phi) is 6.12. The zero-order valence-corrected chi connectivity index (χ0v) is 16.1. The zero-order chi connectivity index (χ0) is 21.0. The van der Waals surface area contributed by atoms with Crippen LogP contribution in [0.4, 0.5) is 13.2 Å². The van der Waals surface area contributed by atoms with Gasteiger partial charge in [-0.2, -0.15) is 18.3 Å². The van der Waals surface area contributed by atoms with E-state index in [1.165, 1.54) is 12.1 Å². The van der Waals surface area contributed by atoms with Gasteiger partial charge in [-0.15, -0.1) is 0 Å². The van der Waals surface area contributed by atoms with Gasteiger partial charge in [-0.05, 0) is 36.2 Å². The molecule has 0 saturated carbocycles. The fourth-order valence-corrected chi connectivity index (χ4v) is 2.91. The summed E-state index contributed by atoms with van der Waals surface area (Å²) in [6, 6.07) is 14.2. The molecule has 152 valence electrons. The van der Waals surface area contributed by atoms with Crippen LogP contribution in [-0.2, 0) is 12.6 Å². The summed E-state index contributed by atoms with van der Waals surface area (Å²) >= 11 is 6.08. The van der Waals surface area contributed by atoms with E-state index in [2.05, 4.69) is 10.4 Å². The number of rotatable bonds is 6. The zero-order valence-electron chi connectivity index (χ0n) is 15.3. The first kappa shape index (κ1) is 20.7. The van der Waals surface area contributed by atoms with E-state index in [-0.39, 0.29) is 22.9 Å². The number of para-hydroxylation sites is 1. The van der Waals surface area contributed by atoms with Crippen LogP contribution in [0.5, 0.6) is 5.75 Å². The van der Waals surface area contributed by atoms with Gasteiger partial charge in [0, 0.05) is 12.6 Å². The van der Waals surface area contributed by atoms with Crippen LogP contribution in [0.2, 0.25) is 5.02 Å². The number of hydrogen-bond donors (Lipinski definition) is 1. The van der Waals surface area contributed by atoms with E-state index < -0.39 is 17.8 Å². The number of benzene rings is 2. The molecule has 29 heavy (non-hydrogen) atoms. The third-order valence-electron chi connectivity index (χ3n) is 4.17. The van der Waals surface area contributed by atoms with Crippen molar-refractivity contribution in [2.75, 3.05) is 13.7 Å². The van der Waals surface area contributed by atoms with Crippen molar-refractivity contribution in [3.63, 3.8) is 0 Å². The Morgan fingerprint density at radius 1 is 1.17 bits per heavy atom. The predicted molar refractivity (Wildman–Crippen MR) is 103 cm³/mol. The maximum Gasteiger partial charge on any atom is 0.435 e. The number of nitrogens with one attached hydrogen (secondary N) is 1. The average Bonchev–Trinajstić information content (AvgIpc) is 3.14. The lowest BCUT2D eigenvalue weighted by molar-refractivity contribution is -0.141. The molecular weight excluding hydrogens is 407 g/mol. The summed E-state index contributed by atoms with van der Waals surface area (Å²) in [7, 11) is 1.56. The van der Waals surface area contributed by atoms with E-state index in [9.17, 15) is 18.0 Å². The highest BCUT2D eigenvalue weighted by atomic mass is 35.5. The van der Waals surface area contributed by atoms with Gasteiger partial charge in [0.15, 0.2) is 5.69 Å². The normalized spacial score (nSPS) is 11.3. The topological polar surface area (TPSA) is 56.1 Å². The van der Waals surface area contributed by atoms with Crippen molar-refractivity contribution < 1.29 is 22.7 Å². The molecule has 0 fully saturated rings. The van der Waals surface area contributed by atoms with Crippen molar-refractivity contribution in [1.82, 2.24) is 15.1 Å². The number of aromatic nitrogens is 2. The second kappa shape index (κ2) is 8.57. The van der Waals surface area contributed by atoms with Gasteiger partial charge in [0.2, 0.25) is 0 Å². The average molecular weight is 424 g/mol. The van der Waals surface area contributed by atoms with Crippen molar-refractivity contribution in [2.24, 2.45) is 0 Å². The standard InChI is InChI=1S/C20H17ClF3N3O2/c1-29-14-8-6-13(7-9-14)10-11-25-19(28)17-12-18(20(22,23)24)26-27(17)16-5-3-2-4-15(16)21/h2-9,12H,10-11H2,1H3,(H,25,28). The molecule has 0 unspecified atom stereocenters. The lowest BCUT2D eigenvalue weighted by atomic mass is 10.1. The number of carbonyl (C=O) groups excluding carboxylic acids is 1. The molecule has 0 aliphatic heterocycles. The Morgan fingerprint density at radius 3 is 2.48 bits per heavy atom. The number of amides is 1.